The highest BCUT2D eigenvalue weighted by Crippen LogP contribution is 2.47. The van der Waals surface area contributed by atoms with Gasteiger partial charge in [0.1, 0.15) is 22.2 Å². The number of nitrogens with zero attached hydrogens (tertiary/aromatic N) is 3. The molecule has 2 aromatic heterocycles. The molecule has 0 amide bonds. The number of imidazole rings is 1. The summed E-state index contributed by atoms with van der Waals surface area (Å²) in [4.78, 5) is 9.79. The Balaban J connectivity index is 1.50. The van der Waals surface area contributed by atoms with Gasteiger partial charge >= 0.3 is 6.61 Å². The number of ether oxygens (including phenoxy) is 1. The van der Waals surface area contributed by atoms with Gasteiger partial charge in [-0.05, 0) is 50.1 Å². The number of alkyl halides is 2. The first-order valence-corrected chi connectivity index (χ1v) is 11.7. The minimum absolute atomic E-state index is 0.129. The Hall–Kier alpha value is -3.43. The number of rotatable bonds is 4. The largest absolute Gasteiger partial charge is 0.434 e. The molecule has 0 spiro atoms. The average Bonchev–Trinajstić information content (AvgIpc) is 3.30. The Morgan fingerprint density at radius 2 is 1.97 bits per heavy atom. The van der Waals surface area contributed by atoms with Crippen LogP contribution < -0.4 is 10.1 Å². The number of benzene rings is 2. The second kappa shape index (κ2) is 7.79. The van der Waals surface area contributed by atoms with E-state index in [1.807, 2.05) is 36.4 Å². The van der Waals surface area contributed by atoms with Crippen molar-refractivity contribution in [2.45, 2.75) is 44.6 Å². The smallest absolute Gasteiger partial charge is 0.387 e. The van der Waals surface area contributed by atoms with Crippen molar-refractivity contribution in [3.05, 3.63) is 77.4 Å². The average molecular weight is 493 g/mol. The van der Waals surface area contributed by atoms with Crippen LogP contribution in [0.3, 0.4) is 0 Å². The van der Waals surface area contributed by atoms with Gasteiger partial charge in [0.15, 0.2) is 0 Å². The van der Waals surface area contributed by atoms with Crippen LogP contribution in [0.1, 0.15) is 55.0 Å². The molecule has 2 aromatic carbocycles. The molecule has 6 nitrogen and oxygen atoms in total. The van der Waals surface area contributed by atoms with Crippen molar-refractivity contribution in [3.63, 3.8) is 0 Å². The minimum Gasteiger partial charge on any atom is -0.434 e. The Labute approximate surface area is 205 Å². The van der Waals surface area contributed by atoms with Gasteiger partial charge in [-0.1, -0.05) is 36.5 Å². The third-order valence-corrected chi connectivity index (χ3v) is 7.03. The van der Waals surface area contributed by atoms with E-state index < -0.39 is 12.2 Å². The molecule has 4 heterocycles. The van der Waals surface area contributed by atoms with Gasteiger partial charge in [-0.2, -0.15) is 8.78 Å². The van der Waals surface area contributed by atoms with Crippen LogP contribution in [0.2, 0.25) is 0 Å². The van der Waals surface area contributed by atoms with E-state index >= 15 is 0 Å². The monoisotopic (exact) mass is 492 g/mol. The summed E-state index contributed by atoms with van der Waals surface area (Å²) >= 11 is 5.60. The summed E-state index contributed by atoms with van der Waals surface area (Å²) in [5.41, 5.74) is 4.44. The fraction of sp³-hybridized carbons (Fsp3) is 0.269. The van der Waals surface area contributed by atoms with Crippen LogP contribution in [0.5, 0.6) is 5.75 Å². The van der Waals surface area contributed by atoms with Crippen LogP contribution in [0, 0.1) is 0 Å². The number of hydrogen-bond acceptors (Lipinski definition) is 5. The van der Waals surface area contributed by atoms with Crippen molar-refractivity contribution in [3.8, 4) is 16.9 Å². The van der Waals surface area contributed by atoms with Gasteiger partial charge in [0.25, 0.3) is 0 Å². The van der Waals surface area contributed by atoms with Crippen molar-refractivity contribution in [2.24, 2.45) is 0 Å². The summed E-state index contributed by atoms with van der Waals surface area (Å²) < 4.78 is 33.5. The topological polar surface area (TPSA) is 72.2 Å². The normalized spacial score (nSPS) is 18.9. The van der Waals surface area contributed by atoms with E-state index in [-0.39, 0.29) is 17.8 Å². The van der Waals surface area contributed by atoms with Gasteiger partial charge in [-0.3, -0.25) is 4.98 Å². The molecule has 2 bridgehead atoms. The Morgan fingerprint density at radius 1 is 1.17 bits per heavy atom. The maximum Gasteiger partial charge on any atom is 0.387 e. The van der Waals surface area contributed by atoms with Gasteiger partial charge in [-0.15, -0.1) is 0 Å². The highest BCUT2D eigenvalue weighted by Gasteiger charge is 2.41. The van der Waals surface area contributed by atoms with Gasteiger partial charge in [0.2, 0.25) is 0 Å². The fourth-order valence-electron chi connectivity index (χ4n) is 5.12. The summed E-state index contributed by atoms with van der Waals surface area (Å²) in [5, 5.41) is 13.6. The number of aliphatic hydroxyl groups is 1. The lowest BCUT2D eigenvalue weighted by Crippen LogP contribution is -2.27. The third-order valence-electron chi connectivity index (χ3n) is 6.69. The molecule has 0 aliphatic carbocycles. The molecule has 2 N–H and O–H groups in total. The van der Waals surface area contributed by atoms with Crippen molar-refractivity contribution in [1.82, 2.24) is 19.9 Å². The lowest BCUT2D eigenvalue weighted by Gasteiger charge is -2.22. The summed E-state index contributed by atoms with van der Waals surface area (Å²) in [6.07, 6.45) is 2.37. The predicted molar refractivity (Wildman–Crippen MR) is 132 cm³/mol. The minimum atomic E-state index is -2.94. The third kappa shape index (κ3) is 3.57. The highest BCUT2D eigenvalue weighted by atomic mass is 32.1. The quantitative estimate of drug-likeness (QED) is 0.380. The number of thiocarbonyl (C=S) groups is 1. The van der Waals surface area contributed by atoms with Crippen LogP contribution in [0.15, 0.2) is 54.7 Å². The molecule has 0 saturated carbocycles. The first-order chi connectivity index (χ1) is 16.7. The van der Waals surface area contributed by atoms with E-state index in [4.69, 9.17) is 21.9 Å². The fourth-order valence-corrected chi connectivity index (χ4v) is 5.44. The zero-order valence-electron chi connectivity index (χ0n) is 19.0. The molecule has 0 saturated heterocycles. The van der Waals surface area contributed by atoms with Crippen molar-refractivity contribution < 1.29 is 18.6 Å². The lowest BCUT2D eigenvalue weighted by atomic mass is 9.97. The van der Waals surface area contributed by atoms with E-state index in [9.17, 15) is 13.9 Å². The van der Waals surface area contributed by atoms with Crippen LogP contribution >= 0.6 is 12.2 Å². The predicted octanol–water partition coefficient (Wildman–Crippen LogP) is 5.24. The molecule has 0 radical (unpaired) electrons. The van der Waals surface area contributed by atoms with Gasteiger partial charge in [0.05, 0.1) is 28.8 Å². The Kier molecular flexibility index (Phi) is 4.91. The molecule has 35 heavy (non-hydrogen) atoms. The molecule has 2 aliphatic rings. The van der Waals surface area contributed by atoms with E-state index in [1.54, 1.807) is 32.2 Å². The zero-order chi connectivity index (χ0) is 24.5. The van der Waals surface area contributed by atoms with Crippen molar-refractivity contribution >= 4 is 28.2 Å². The Bertz CT molecular complexity index is 1480. The van der Waals surface area contributed by atoms with E-state index in [2.05, 4.69) is 14.9 Å². The molecule has 0 fully saturated rings. The molecule has 4 aromatic rings. The zero-order valence-corrected chi connectivity index (χ0v) is 19.8. The molecule has 6 rings (SSSR count). The number of hydrogen-bond donors (Lipinski definition) is 2. The maximum atomic E-state index is 13.3. The molecule has 0 unspecified atom stereocenters. The SMILES string of the molecule is CC(C)(O)c1ccc(-c2ccc3nc4n(c3c2)[C@@H]2C[C@H]4NC(=S)c3cccc(OC(F)F)c32)cn1. The molecule has 2 atom stereocenters. The first kappa shape index (κ1) is 22.1. The van der Waals surface area contributed by atoms with Crippen LogP contribution in [-0.4, -0.2) is 31.2 Å². The number of fused-ring (bicyclic) bond motifs is 9. The standard InChI is InChI=1S/C26H22F2N4O2S/c1-26(2,33)21-9-7-14(12-29-21)13-6-8-16-18(10-13)32-19-11-17(23(32)30-16)31-24(35)15-4-3-5-20(22(15)19)34-25(27)28/h3-10,12,17,19,25,33H,11H2,1-2H3,(H,31,35)/t17-,19-/m1/s1. The lowest BCUT2D eigenvalue weighted by molar-refractivity contribution is -0.0506. The molecular formula is C26H22F2N4O2S. The molecule has 178 valence electrons. The van der Waals surface area contributed by atoms with Crippen LogP contribution in [0.25, 0.3) is 22.2 Å². The first-order valence-electron chi connectivity index (χ1n) is 11.3. The van der Waals surface area contributed by atoms with Crippen LogP contribution in [0.4, 0.5) is 8.78 Å². The number of nitrogens with one attached hydrogen (secondary N) is 1. The van der Waals surface area contributed by atoms with Gasteiger partial charge < -0.3 is 19.7 Å². The van der Waals surface area contributed by atoms with E-state index in [1.165, 1.54) is 0 Å². The van der Waals surface area contributed by atoms with E-state index in [0.717, 1.165) is 28.0 Å². The number of aromatic nitrogens is 3. The van der Waals surface area contributed by atoms with Gasteiger partial charge in [0, 0.05) is 22.9 Å². The summed E-state index contributed by atoms with van der Waals surface area (Å²) in [6.45, 7) is 0.454. The summed E-state index contributed by atoms with van der Waals surface area (Å²) in [5.74, 6) is 0.946. The second-order valence-corrected chi connectivity index (χ2v) is 9.82. The highest BCUT2D eigenvalue weighted by molar-refractivity contribution is 7.80. The number of pyridine rings is 1. The molecule has 2 aliphatic heterocycles. The second-order valence-electron chi connectivity index (χ2n) is 9.41. The Morgan fingerprint density at radius 3 is 2.69 bits per heavy atom. The van der Waals surface area contributed by atoms with Gasteiger partial charge in [-0.25, -0.2) is 4.98 Å². The molecule has 9 heteroatoms. The van der Waals surface area contributed by atoms with Crippen LogP contribution in [-0.2, 0) is 5.60 Å². The maximum absolute atomic E-state index is 13.3. The van der Waals surface area contributed by atoms with Crippen molar-refractivity contribution in [2.75, 3.05) is 0 Å². The molecular weight excluding hydrogens is 470 g/mol. The summed E-state index contributed by atoms with van der Waals surface area (Å²) in [7, 11) is 0. The number of halogens is 2. The summed E-state index contributed by atoms with van der Waals surface area (Å²) in [6, 6.07) is 14.4. The van der Waals surface area contributed by atoms with E-state index in [0.29, 0.717) is 28.2 Å². The van der Waals surface area contributed by atoms with Crippen molar-refractivity contribution in [1.29, 1.82) is 0 Å².